The molecular weight excluding hydrogens is 392 g/mol. The van der Waals surface area contributed by atoms with Crippen LogP contribution >= 0.6 is 0 Å². The Morgan fingerprint density at radius 2 is 2.07 bits per heavy atom. The van der Waals surface area contributed by atoms with Gasteiger partial charge in [0.1, 0.15) is 6.54 Å². The minimum atomic E-state index is -0.407. The number of carbonyl (C=O) groups is 2. The molecule has 1 aromatic heterocycles. The number of benzene rings is 1. The predicted octanol–water partition coefficient (Wildman–Crippen LogP) is 0.803. The molecule has 0 radical (unpaired) electrons. The largest absolute Gasteiger partial charge is 0.454 e. The fraction of sp³-hybridized carbons (Fsp3) is 0.400. The molecule has 0 fully saturated rings. The van der Waals surface area contributed by atoms with E-state index >= 15 is 0 Å². The second kappa shape index (κ2) is 8.44. The maximum Gasteiger partial charge on any atom is 0.410 e. The quantitative estimate of drug-likeness (QED) is 0.770. The second-order valence-electron chi connectivity index (χ2n) is 6.95. The van der Waals surface area contributed by atoms with Gasteiger partial charge in [0.15, 0.2) is 11.5 Å². The van der Waals surface area contributed by atoms with E-state index in [4.69, 9.17) is 14.2 Å². The summed E-state index contributed by atoms with van der Waals surface area (Å²) in [7, 11) is 0. The molecule has 10 heteroatoms. The zero-order valence-electron chi connectivity index (χ0n) is 16.6. The van der Waals surface area contributed by atoms with Gasteiger partial charge in [-0.25, -0.2) is 9.48 Å². The molecule has 1 aromatic carbocycles. The van der Waals surface area contributed by atoms with Crippen LogP contribution in [-0.2, 0) is 35.6 Å². The van der Waals surface area contributed by atoms with Crippen molar-refractivity contribution < 1.29 is 23.8 Å². The Hall–Kier alpha value is -3.56. The molecular formula is C20H22N4O6. The molecule has 0 unspecified atom stereocenters. The number of nitrogens with zero attached hydrogens (tertiary/aromatic N) is 3. The van der Waals surface area contributed by atoms with Crippen LogP contribution in [-0.4, -0.2) is 46.6 Å². The van der Waals surface area contributed by atoms with Crippen molar-refractivity contribution in [3.05, 3.63) is 51.4 Å². The third kappa shape index (κ3) is 4.22. The first-order valence-electron chi connectivity index (χ1n) is 9.70. The van der Waals surface area contributed by atoms with Crippen LogP contribution in [0.1, 0.15) is 23.7 Å². The van der Waals surface area contributed by atoms with Gasteiger partial charge in [0.25, 0.3) is 5.56 Å². The van der Waals surface area contributed by atoms with Gasteiger partial charge in [0, 0.05) is 31.1 Å². The fourth-order valence-corrected chi connectivity index (χ4v) is 3.37. The highest BCUT2D eigenvalue weighted by atomic mass is 16.7. The summed E-state index contributed by atoms with van der Waals surface area (Å²) in [4.78, 5) is 38.1. The first-order chi connectivity index (χ1) is 14.5. The number of amides is 2. The number of rotatable bonds is 5. The highest BCUT2D eigenvalue weighted by Gasteiger charge is 2.24. The molecule has 0 bridgehead atoms. The first kappa shape index (κ1) is 19.7. The van der Waals surface area contributed by atoms with E-state index < -0.39 is 11.7 Å². The van der Waals surface area contributed by atoms with Crippen LogP contribution in [0.25, 0.3) is 0 Å². The molecule has 158 valence electrons. The highest BCUT2D eigenvalue weighted by Crippen LogP contribution is 2.32. The summed E-state index contributed by atoms with van der Waals surface area (Å²) in [6.07, 6.45) is 0.0861. The molecule has 0 saturated heterocycles. The first-order valence-corrected chi connectivity index (χ1v) is 9.70. The van der Waals surface area contributed by atoms with Gasteiger partial charge in [0.2, 0.25) is 12.7 Å². The predicted molar refractivity (Wildman–Crippen MR) is 104 cm³/mol. The van der Waals surface area contributed by atoms with E-state index in [9.17, 15) is 14.4 Å². The normalized spacial score (nSPS) is 14.2. The van der Waals surface area contributed by atoms with Crippen molar-refractivity contribution in [1.29, 1.82) is 0 Å². The van der Waals surface area contributed by atoms with Crippen LogP contribution in [0, 0.1) is 0 Å². The third-order valence-corrected chi connectivity index (χ3v) is 4.89. The van der Waals surface area contributed by atoms with Crippen LogP contribution in [0.5, 0.6) is 11.5 Å². The summed E-state index contributed by atoms with van der Waals surface area (Å²) in [6.45, 7) is 3.06. The Bertz CT molecular complexity index is 1030. The van der Waals surface area contributed by atoms with Crippen molar-refractivity contribution in [2.75, 3.05) is 19.9 Å². The van der Waals surface area contributed by atoms with Gasteiger partial charge in [-0.3, -0.25) is 9.59 Å². The van der Waals surface area contributed by atoms with Gasteiger partial charge in [-0.2, -0.15) is 5.10 Å². The highest BCUT2D eigenvalue weighted by molar-refractivity contribution is 5.75. The van der Waals surface area contributed by atoms with Gasteiger partial charge in [-0.1, -0.05) is 6.07 Å². The van der Waals surface area contributed by atoms with Crippen LogP contribution in [0.2, 0.25) is 0 Å². The minimum absolute atomic E-state index is 0.182. The smallest absolute Gasteiger partial charge is 0.410 e. The van der Waals surface area contributed by atoms with Crippen molar-refractivity contribution in [1.82, 2.24) is 20.0 Å². The molecule has 0 spiro atoms. The lowest BCUT2D eigenvalue weighted by Gasteiger charge is -2.27. The monoisotopic (exact) mass is 414 g/mol. The van der Waals surface area contributed by atoms with E-state index in [1.54, 1.807) is 19.1 Å². The number of ether oxygens (including phenoxy) is 3. The van der Waals surface area contributed by atoms with E-state index in [0.29, 0.717) is 48.9 Å². The maximum atomic E-state index is 12.4. The number of aromatic nitrogens is 2. The van der Waals surface area contributed by atoms with Gasteiger partial charge >= 0.3 is 6.09 Å². The molecule has 4 rings (SSSR count). The fourth-order valence-electron chi connectivity index (χ4n) is 3.37. The van der Waals surface area contributed by atoms with Crippen molar-refractivity contribution in [3.8, 4) is 11.5 Å². The molecule has 2 aliphatic heterocycles. The van der Waals surface area contributed by atoms with E-state index in [0.717, 1.165) is 10.2 Å². The van der Waals surface area contributed by atoms with Crippen molar-refractivity contribution in [2.45, 2.75) is 33.0 Å². The molecule has 0 aliphatic carbocycles. The van der Waals surface area contributed by atoms with Crippen LogP contribution in [0.15, 0.2) is 29.1 Å². The van der Waals surface area contributed by atoms with E-state index in [2.05, 4.69) is 10.4 Å². The number of nitrogens with one attached hydrogen (secondary N) is 1. The summed E-state index contributed by atoms with van der Waals surface area (Å²) >= 11 is 0. The Labute approximate surface area is 172 Å². The van der Waals surface area contributed by atoms with Crippen molar-refractivity contribution >= 4 is 12.0 Å². The van der Waals surface area contributed by atoms with Crippen molar-refractivity contribution in [3.63, 3.8) is 0 Å². The Balaban J connectivity index is 1.37. The van der Waals surface area contributed by atoms with Gasteiger partial charge in [-0.15, -0.1) is 0 Å². The summed E-state index contributed by atoms with van der Waals surface area (Å²) in [5, 5.41) is 7.10. The molecule has 2 amide bonds. The summed E-state index contributed by atoms with van der Waals surface area (Å²) in [5.41, 5.74) is 1.85. The topological polar surface area (TPSA) is 112 Å². The minimum Gasteiger partial charge on any atom is -0.454 e. The second-order valence-corrected chi connectivity index (χ2v) is 6.95. The van der Waals surface area contributed by atoms with Gasteiger partial charge in [-0.05, 0) is 24.6 Å². The van der Waals surface area contributed by atoms with E-state index in [1.807, 2.05) is 6.07 Å². The summed E-state index contributed by atoms with van der Waals surface area (Å²) in [6, 6.07) is 6.87. The molecule has 2 aromatic rings. The van der Waals surface area contributed by atoms with Crippen LogP contribution in [0.4, 0.5) is 4.79 Å². The average Bonchev–Trinajstić information content (AvgIpc) is 3.20. The molecule has 0 saturated carbocycles. The molecule has 0 atom stereocenters. The summed E-state index contributed by atoms with van der Waals surface area (Å²) < 4.78 is 16.7. The molecule has 3 heterocycles. The molecule has 2 aliphatic rings. The Morgan fingerprint density at radius 1 is 1.23 bits per heavy atom. The molecule has 1 N–H and O–H groups in total. The van der Waals surface area contributed by atoms with E-state index in [-0.39, 0.29) is 25.8 Å². The van der Waals surface area contributed by atoms with Crippen molar-refractivity contribution in [2.24, 2.45) is 0 Å². The Kier molecular flexibility index (Phi) is 5.55. The number of hydrogen-bond acceptors (Lipinski definition) is 7. The Morgan fingerprint density at radius 3 is 2.90 bits per heavy atom. The van der Waals surface area contributed by atoms with Crippen LogP contribution in [0.3, 0.4) is 0 Å². The maximum absolute atomic E-state index is 12.4. The lowest BCUT2D eigenvalue weighted by atomic mass is 10.1. The summed E-state index contributed by atoms with van der Waals surface area (Å²) in [5.74, 6) is 0.994. The third-order valence-electron chi connectivity index (χ3n) is 4.89. The zero-order valence-corrected chi connectivity index (χ0v) is 16.6. The standard InChI is InChI=1S/C20H22N4O6/c1-2-28-20(27)23-6-5-15-14(10-23)8-19(26)24(22-15)11-18(25)21-9-13-3-4-16-17(7-13)30-12-29-16/h3-4,7-8H,2,5-6,9-12H2,1H3,(H,21,25). The SMILES string of the molecule is CCOC(=O)N1CCc2nn(CC(=O)NCc3ccc4c(c3)OCO4)c(=O)cc2C1. The molecule has 10 nitrogen and oxygen atoms in total. The van der Waals surface area contributed by atoms with Gasteiger partial charge < -0.3 is 24.4 Å². The van der Waals surface area contributed by atoms with E-state index in [1.165, 1.54) is 11.0 Å². The average molecular weight is 414 g/mol. The zero-order chi connectivity index (χ0) is 21.1. The lowest BCUT2D eigenvalue weighted by Crippen LogP contribution is -2.40. The number of carbonyl (C=O) groups excluding carboxylic acids is 2. The van der Waals surface area contributed by atoms with Gasteiger partial charge in [0.05, 0.1) is 18.8 Å². The number of hydrogen-bond donors (Lipinski definition) is 1. The lowest BCUT2D eigenvalue weighted by molar-refractivity contribution is -0.122. The number of fused-ring (bicyclic) bond motifs is 2. The van der Waals surface area contributed by atoms with Crippen LogP contribution < -0.4 is 20.3 Å². The molecule has 30 heavy (non-hydrogen) atoms.